The Morgan fingerprint density at radius 2 is 1.88 bits per heavy atom. The van der Waals surface area contributed by atoms with Crippen molar-refractivity contribution in [2.24, 2.45) is 0 Å². The number of halogens is 1. The maximum absolute atomic E-state index is 10.1. The smallest absolute Gasteiger partial charge is 0.130 e. The lowest BCUT2D eigenvalue weighted by atomic mass is 10.2. The quantitative estimate of drug-likeness (QED) is 0.703. The van der Waals surface area contributed by atoms with Gasteiger partial charge in [0.05, 0.1) is 11.8 Å². The molecule has 0 radical (unpaired) electrons. The minimum absolute atomic E-state index is 0. The van der Waals surface area contributed by atoms with Gasteiger partial charge >= 0.3 is 0 Å². The molecular weight excluding hydrogens is 350 g/mol. The van der Waals surface area contributed by atoms with Gasteiger partial charge in [0.1, 0.15) is 12.4 Å². The average Bonchev–Trinajstić information content (AvgIpc) is 3.15. The number of nitrogens with zero attached hydrogens (tertiary/aromatic N) is 2. The highest BCUT2D eigenvalue weighted by Crippen LogP contribution is 2.14. The summed E-state index contributed by atoms with van der Waals surface area (Å²) in [6.07, 6.45) is 3.98. The lowest BCUT2D eigenvalue weighted by Crippen LogP contribution is -2.36. The fourth-order valence-electron chi connectivity index (χ4n) is 3.06. The first kappa shape index (κ1) is 20.6. The van der Waals surface area contributed by atoms with Crippen molar-refractivity contribution < 1.29 is 9.84 Å². The topological polar surface area (TPSA) is 57.6 Å². The van der Waals surface area contributed by atoms with Crippen LogP contribution in [0.15, 0.2) is 48.7 Å². The van der Waals surface area contributed by atoms with E-state index in [-0.39, 0.29) is 18.5 Å². The molecule has 0 amide bonds. The molecule has 0 aliphatic carbocycles. The zero-order chi connectivity index (χ0) is 17.3. The molecule has 1 fully saturated rings. The molecule has 1 aromatic heterocycles. The number of nitrogens with one attached hydrogen (secondary N) is 1. The molecule has 1 aliphatic rings. The molecule has 6 heteroatoms. The van der Waals surface area contributed by atoms with Crippen LogP contribution in [0.25, 0.3) is 0 Å². The Hall–Kier alpha value is -1.66. The number of hydrogen-bond donors (Lipinski definition) is 2. The summed E-state index contributed by atoms with van der Waals surface area (Å²) in [7, 11) is 0. The van der Waals surface area contributed by atoms with Gasteiger partial charge in [0, 0.05) is 25.8 Å². The van der Waals surface area contributed by atoms with Gasteiger partial charge in [-0.25, -0.2) is 0 Å². The zero-order valence-corrected chi connectivity index (χ0v) is 15.8. The summed E-state index contributed by atoms with van der Waals surface area (Å²) < 4.78 is 5.74. The first-order valence-corrected chi connectivity index (χ1v) is 9.02. The third-order valence-corrected chi connectivity index (χ3v) is 4.41. The van der Waals surface area contributed by atoms with E-state index in [0.717, 1.165) is 37.6 Å². The number of aliphatic hydroxyl groups excluding tert-OH is 1. The van der Waals surface area contributed by atoms with Crippen LogP contribution in [0.5, 0.6) is 5.75 Å². The van der Waals surface area contributed by atoms with Gasteiger partial charge in [-0.05, 0) is 55.8 Å². The number of rotatable bonds is 9. The summed E-state index contributed by atoms with van der Waals surface area (Å²) >= 11 is 0. The number of likely N-dealkylation sites (tertiary alicyclic amines) is 1. The molecule has 1 atom stereocenters. The molecule has 1 unspecified atom stereocenters. The van der Waals surface area contributed by atoms with Gasteiger partial charge in [0.2, 0.25) is 0 Å². The fourth-order valence-corrected chi connectivity index (χ4v) is 3.06. The molecule has 3 rings (SSSR count). The molecule has 2 N–H and O–H groups in total. The number of hydrogen-bond acceptors (Lipinski definition) is 5. The summed E-state index contributed by atoms with van der Waals surface area (Å²) in [5.41, 5.74) is 2.10. The Kier molecular flexibility index (Phi) is 8.85. The normalized spacial score (nSPS) is 15.4. The number of aliphatic hydroxyl groups is 1. The minimum atomic E-state index is -0.306. The second kappa shape index (κ2) is 11.1. The summed E-state index contributed by atoms with van der Waals surface area (Å²) in [5, 5.41) is 13.4. The summed E-state index contributed by atoms with van der Waals surface area (Å²) in [6, 6.07) is 13.8. The van der Waals surface area contributed by atoms with Crippen LogP contribution in [0.2, 0.25) is 0 Å². The minimum Gasteiger partial charge on any atom is -0.487 e. The van der Waals surface area contributed by atoms with E-state index < -0.39 is 0 Å². The first-order valence-electron chi connectivity index (χ1n) is 9.02. The van der Waals surface area contributed by atoms with Crippen LogP contribution in [0.3, 0.4) is 0 Å². The first-order chi connectivity index (χ1) is 12.3. The van der Waals surface area contributed by atoms with Gasteiger partial charge < -0.3 is 20.1 Å². The van der Waals surface area contributed by atoms with Crippen molar-refractivity contribution in [1.82, 2.24) is 15.2 Å². The van der Waals surface area contributed by atoms with Crippen LogP contribution in [0, 0.1) is 0 Å². The van der Waals surface area contributed by atoms with Crippen LogP contribution in [-0.2, 0) is 13.2 Å². The van der Waals surface area contributed by atoms with Crippen LogP contribution < -0.4 is 10.1 Å². The van der Waals surface area contributed by atoms with E-state index in [0.29, 0.717) is 13.2 Å². The van der Waals surface area contributed by atoms with Gasteiger partial charge in [-0.15, -0.1) is 12.4 Å². The summed E-state index contributed by atoms with van der Waals surface area (Å²) in [4.78, 5) is 6.58. The molecule has 5 nitrogen and oxygen atoms in total. The number of pyridine rings is 1. The standard InChI is InChI=1S/C20H27N3O2.ClH/c24-19(15-23-11-3-4-12-23)14-21-13-17-6-8-20(9-7-17)25-16-18-5-1-2-10-22-18;/h1-2,5-10,19,21,24H,3-4,11-16H2;1H. The van der Waals surface area contributed by atoms with Crippen molar-refractivity contribution in [1.29, 1.82) is 0 Å². The fraction of sp³-hybridized carbons (Fsp3) is 0.450. The van der Waals surface area contributed by atoms with E-state index in [2.05, 4.69) is 15.2 Å². The van der Waals surface area contributed by atoms with Crippen molar-refractivity contribution in [3.8, 4) is 5.75 Å². The zero-order valence-electron chi connectivity index (χ0n) is 15.0. The van der Waals surface area contributed by atoms with E-state index in [1.807, 2.05) is 42.5 Å². The Morgan fingerprint density at radius 3 is 2.58 bits per heavy atom. The van der Waals surface area contributed by atoms with Crippen molar-refractivity contribution in [3.63, 3.8) is 0 Å². The van der Waals surface area contributed by atoms with Gasteiger partial charge in [-0.1, -0.05) is 18.2 Å². The lowest BCUT2D eigenvalue weighted by molar-refractivity contribution is 0.123. The highest BCUT2D eigenvalue weighted by molar-refractivity contribution is 5.85. The van der Waals surface area contributed by atoms with Gasteiger partial charge in [-0.2, -0.15) is 0 Å². The Labute approximate surface area is 161 Å². The second-order valence-corrected chi connectivity index (χ2v) is 6.55. The second-order valence-electron chi connectivity index (χ2n) is 6.55. The SMILES string of the molecule is Cl.OC(CNCc1ccc(OCc2ccccn2)cc1)CN1CCCC1. The van der Waals surface area contributed by atoms with Crippen molar-refractivity contribution in [2.45, 2.75) is 32.1 Å². The molecule has 1 aromatic carbocycles. The van der Waals surface area contributed by atoms with E-state index >= 15 is 0 Å². The number of ether oxygens (including phenoxy) is 1. The molecule has 0 bridgehead atoms. The Balaban J connectivity index is 0.00000243. The maximum atomic E-state index is 10.1. The van der Waals surface area contributed by atoms with Crippen molar-refractivity contribution in [2.75, 3.05) is 26.2 Å². The highest BCUT2D eigenvalue weighted by atomic mass is 35.5. The predicted molar refractivity (Wildman–Crippen MR) is 106 cm³/mol. The molecule has 2 aromatic rings. The summed E-state index contributed by atoms with van der Waals surface area (Å²) in [5.74, 6) is 0.837. The lowest BCUT2D eigenvalue weighted by Gasteiger charge is -2.19. The number of benzene rings is 1. The molecule has 26 heavy (non-hydrogen) atoms. The molecule has 0 spiro atoms. The Bertz CT molecular complexity index is 619. The van der Waals surface area contributed by atoms with E-state index in [4.69, 9.17) is 4.74 Å². The maximum Gasteiger partial charge on any atom is 0.130 e. The van der Waals surface area contributed by atoms with Gasteiger partial charge in [0.15, 0.2) is 0 Å². The van der Waals surface area contributed by atoms with Crippen LogP contribution in [0.4, 0.5) is 0 Å². The van der Waals surface area contributed by atoms with E-state index in [1.54, 1.807) is 6.20 Å². The van der Waals surface area contributed by atoms with Crippen LogP contribution in [0.1, 0.15) is 24.1 Å². The van der Waals surface area contributed by atoms with E-state index in [9.17, 15) is 5.11 Å². The number of aromatic nitrogens is 1. The van der Waals surface area contributed by atoms with Crippen LogP contribution in [-0.4, -0.2) is 47.3 Å². The molecule has 1 aliphatic heterocycles. The Morgan fingerprint density at radius 1 is 1.12 bits per heavy atom. The largest absolute Gasteiger partial charge is 0.487 e. The third-order valence-electron chi connectivity index (χ3n) is 4.41. The third kappa shape index (κ3) is 6.92. The van der Waals surface area contributed by atoms with Crippen LogP contribution >= 0.6 is 12.4 Å². The molecule has 142 valence electrons. The van der Waals surface area contributed by atoms with Crippen molar-refractivity contribution in [3.05, 3.63) is 59.9 Å². The molecule has 0 saturated carbocycles. The molecule has 1 saturated heterocycles. The molecular formula is C20H28ClN3O2. The van der Waals surface area contributed by atoms with E-state index in [1.165, 1.54) is 18.4 Å². The average molecular weight is 378 g/mol. The van der Waals surface area contributed by atoms with Crippen molar-refractivity contribution >= 4 is 12.4 Å². The number of β-amino-alcohol motifs (C(OH)–C–C–N with tert-alkyl or cyclic N) is 1. The van der Waals surface area contributed by atoms with Gasteiger partial charge in [0.25, 0.3) is 0 Å². The molecule has 2 heterocycles. The highest BCUT2D eigenvalue weighted by Gasteiger charge is 2.15. The summed E-state index contributed by atoms with van der Waals surface area (Å²) in [6.45, 7) is 4.86. The van der Waals surface area contributed by atoms with Gasteiger partial charge in [-0.3, -0.25) is 4.98 Å². The predicted octanol–water partition coefficient (Wildman–Crippen LogP) is 2.63. The monoisotopic (exact) mass is 377 g/mol.